The molecule has 1 aliphatic carbocycles. The lowest BCUT2D eigenvalue weighted by molar-refractivity contribution is 0.0698. The second kappa shape index (κ2) is 5.40. The molecule has 4 nitrogen and oxygen atoms in total. The molecule has 4 heteroatoms. The molecule has 2 N–H and O–H groups in total. The first-order valence-electron chi connectivity index (χ1n) is 6.27. The number of oxime groups is 1. The molecule has 0 saturated heterocycles. The predicted molar refractivity (Wildman–Crippen MR) is 69.4 cm³/mol. The van der Waals surface area contributed by atoms with E-state index in [0.717, 1.165) is 29.7 Å². The molecule has 1 unspecified atom stereocenters. The summed E-state index contributed by atoms with van der Waals surface area (Å²) in [6, 6.07) is 5.71. The molecule has 98 valence electrons. The van der Waals surface area contributed by atoms with Gasteiger partial charge in [-0.25, -0.2) is 0 Å². The molecule has 1 atom stereocenters. The van der Waals surface area contributed by atoms with E-state index in [1.54, 1.807) is 0 Å². The van der Waals surface area contributed by atoms with Gasteiger partial charge in [-0.15, -0.1) is 0 Å². The van der Waals surface area contributed by atoms with Crippen LogP contribution in [0, 0.1) is 5.92 Å². The van der Waals surface area contributed by atoms with Gasteiger partial charge in [0.2, 0.25) is 0 Å². The van der Waals surface area contributed by atoms with Gasteiger partial charge in [0.15, 0.2) is 0 Å². The zero-order chi connectivity index (χ0) is 13.1. The summed E-state index contributed by atoms with van der Waals surface area (Å²) in [7, 11) is 0. The van der Waals surface area contributed by atoms with Crippen molar-refractivity contribution in [3.63, 3.8) is 0 Å². The molecule has 0 saturated carbocycles. The van der Waals surface area contributed by atoms with Crippen LogP contribution in [0.25, 0.3) is 0 Å². The van der Waals surface area contributed by atoms with Gasteiger partial charge in [-0.05, 0) is 24.8 Å². The van der Waals surface area contributed by atoms with Crippen LogP contribution in [0.2, 0.25) is 0 Å². The lowest BCUT2D eigenvalue weighted by atomic mass is 10.1. The van der Waals surface area contributed by atoms with Crippen LogP contribution in [0.15, 0.2) is 23.4 Å². The monoisotopic (exact) mass is 249 g/mol. The summed E-state index contributed by atoms with van der Waals surface area (Å²) >= 11 is 0. The molecular formula is C14H19NO3. The van der Waals surface area contributed by atoms with Crippen LogP contribution in [0.1, 0.15) is 31.4 Å². The first kappa shape index (κ1) is 12.9. The molecule has 1 aromatic carbocycles. The molecule has 0 fully saturated rings. The molecule has 0 aromatic heterocycles. The van der Waals surface area contributed by atoms with Crippen LogP contribution in [0.4, 0.5) is 0 Å². The van der Waals surface area contributed by atoms with Crippen molar-refractivity contribution in [3.8, 4) is 5.75 Å². The van der Waals surface area contributed by atoms with Crippen LogP contribution in [0.5, 0.6) is 5.75 Å². The van der Waals surface area contributed by atoms with Crippen molar-refractivity contribution in [1.29, 1.82) is 0 Å². The summed E-state index contributed by atoms with van der Waals surface area (Å²) in [6.45, 7) is 4.21. The quantitative estimate of drug-likeness (QED) is 0.635. The normalized spacial score (nSPS) is 18.1. The van der Waals surface area contributed by atoms with E-state index in [4.69, 9.17) is 9.94 Å². The Bertz CT molecular complexity index is 454. The molecule has 1 aliphatic rings. The summed E-state index contributed by atoms with van der Waals surface area (Å²) in [5, 5.41) is 22.0. The molecule has 18 heavy (non-hydrogen) atoms. The van der Waals surface area contributed by atoms with Crippen molar-refractivity contribution in [2.75, 3.05) is 6.61 Å². The van der Waals surface area contributed by atoms with E-state index in [9.17, 15) is 5.11 Å². The topological polar surface area (TPSA) is 62.0 Å². The Kier molecular flexibility index (Phi) is 3.87. The Balaban J connectivity index is 2.14. The van der Waals surface area contributed by atoms with Crippen LogP contribution in [-0.4, -0.2) is 28.7 Å². The van der Waals surface area contributed by atoms with E-state index in [2.05, 4.69) is 5.16 Å². The zero-order valence-electron chi connectivity index (χ0n) is 10.8. The van der Waals surface area contributed by atoms with E-state index >= 15 is 0 Å². The van der Waals surface area contributed by atoms with Gasteiger partial charge in [0.25, 0.3) is 0 Å². The second-order valence-corrected chi connectivity index (χ2v) is 4.95. The minimum atomic E-state index is -0.465. The summed E-state index contributed by atoms with van der Waals surface area (Å²) < 4.78 is 5.68. The van der Waals surface area contributed by atoms with Crippen molar-refractivity contribution < 1.29 is 15.1 Å². The number of nitrogens with zero attached hydrogens (tertiary/aromatic N) is 1. The standard InChI is InChI=1S/C14H19NO3/c1-9(2)13(16)8-18-14-5-3-4-10-11(14)6-7-12(10)15-17/h3-5,9,13,16-17H,6-8H2,1-2H3/b15-12+. The van der Waals surface area contributed by atoms with Crippen molar-refractivity contribution in [3.05, 3.63) is 29.3 Å². The maximum atomic E-state index is 9.75. The zero-order valence-corrected chi connectivity index (χ0v) is 10.8. The molecule has 0 spiro atoms. The first-order valence-corrected chi connectivity index (χ1v) is 6.27. The highest BCUT2D eigenvalue weighted by Gasteiger charge is 2.22. The number of hydrogen-bond acceptors (Lipinski definition) is 4. The lowest BCUT2D eigenvalue weighted by Gasteiger charge is -2.17. The minimum Gasteiger partial charge on any atom is -0.491 e. The van der Waals surface area contributed by atoms with Gasteiger partial charge < -0.3 is 15.1 Å². The smallest absolute Gasteiger partial charge is 0.123 e. The van der Waals surface area contributed by atoms with E-state index in [-0.39, 0.29) is 5.92 Å². The highest BCUT2D eigenvalue weighted by atomic mass is 16.5. The van der Waals surface area contributed by atoms with Crippen LogP contribution in [-0.2, 0) is 6.42 Å². The largest absolute Gasteiger partial charge is 0.491 e. The highest BCUT2D eigenvalue weighted by molar-refractivity contribution is 6.04. The molecule has 0 amide bonds. The molecule has 0 aliphatic heterocycles. The SMILES string of the molecule is CC(C)C(O)COc1cccc2c1CC/C2=N\O. The highest BCUT2D eigenvalue weighted by Crippen LogP contribution is 2.31. The molecule has 0 heterocycles. The number of hydrogen-bond donors (Lipinski definition) is 2. The average molecular weight is 249 g/mol. The van der Waals surface area contributed by atoms with Crippen molar-refractivity contribution in [2.24, 2.45) is 11.1 Å². The van der Waals surface area contributed by atoms with Crippen LogP contribution >= 0.6 is 0 Å². The Labute approximate surface area is 107 Å². The maximum absolute atomic E-state index is 9.75. The number of benzene rings is 1. The molecule has 0 bridgehead atoms. The number of rotatable bonds is 4. The van der Waals surface area contributed by atoms with Gasteiger partial charge in [0, 0.05) is 11.1 Å². The fourth-order valence-electron chi connectivity index (χ4n) is 2.08. The van der Waals surface area contributed by atoms with Crippen molar-refractivity contribution in [2.45, 2.75) is 32.8 Å². The minimum absolute atomic E-state index is 0.177. The number of aliphatic hydroxyl groups is 1. The predicted octanol–water partition coefficient (Wildman–Crippen LogP) is 2.21. The Morgan fingerprint density at radius 3 is 2.78 bits per heavy atom. The summed E-state index contributed by atoms with van der Waals surface area (Å²) in [4.78, 5) is 0. The van der Waals surface area contributed by atoms with E-state index in [1.165, 1.54) is 0 Å². The Morgan fingerprint density at radius 2 is 2.11 bits per heavy atom. The third kappa shape index (κ3) is 2.48. The Hall–Kier alpha value is -1.55. The van der Waals surface area contributed by atoms with Gasteiger partial charge in [0.05, 0.1) is 11.8 Å². The van der Waals surface area contributed by atoms with Gasteiger partial charge in [-0.1, -0.05) is 31.1 Å². The van der Waals surface area contributed by atoms with Gasteiger partial charge >= 0.3 is 0 Å². The second-order valence-electron chi connectivity index (χ2n) is 4.95. The number of fused-ring (bicyclic) bond motifs is 1. The van der Waals surface area contributed by atoms with Gasteiger partial charge in [-0.2, -0.15) is 0 Å². The van der Waals surface area contributed by atoms with Crippen LogP contribution < -0.4 is 4.74 Å². The number of aliphatic hydroxyl groups excluding tert-OH is 1. The van der Waals surface area contributed by atoms with E-state index < -0.39 is 6.10 Å². The summed E-state index contributed by atoms with van der Waals surface area (Å²) in [5.41, 5.74) is 2.73. The van der Waals surface area contributed by atoms with Crippen LogP contribution in [0.3, 0.4) is 0 Å². The fourth-order valence-corrected chi connectivity index (χ4v) is 2.08. The Morgan fingerprint density at radius 1 is 1.33 bits per heavy atom. The van der Waals surface area contributed by atoms with Gasteiger partial charge in [0.1, 0.15) is 12.4 Å². The molecule has 0 radical (unpaired) electrons. The molecule has 2 rings (SSSR count). The van der Waals surface area contributed by atoms with Crippen molar-refractivity contribution >= 4 is 5.71 Å². The molecular weight excluding hydrogens is 230 g/mol. The van der Waals surface area contributed by atoms with Crippen molar-refractivity contribution in [1.82, 2.24) is 0 Å². The maximum Gasteiger partial charge on any atom is 0.123 e. The lowest BCUT2D eigenvalue weighted by Crippen LogP contribution is -2.23. The van der Waals surface area contributed by atoms with Gasteiger partial charge in [-0.3, -0.25) is 0 Å². The van der Waals surface area contributed by atoms with E-state index in [0.29, 0.717) is 12.3 Å². The third-order valence-corrected chi connectivity index (χ3v) is 3.36. The average Bonchev–Trinajstić information content (AvgIpc) is 2.79. The summed E-state index contributed by atoms with van der Waals surface area (Å²) in [6.07, 6.45) is 1.09. The summed E-state index contributed by atoms with van der Waals surface area (Å²) in [5.74, 6) is 0.960. The first-order chi connectivity index (χ1) is 8.63. The fraction of sp³-hybridized carbons (Fsp3) is 0.500. The van der Waals surface area contributed by atoms with E-state index in [1.807, 2.05) is 32.0 Å². The molecule has 1 aromatic rings. The third-order valence-electron chi connectivity index (χ3n) is 3.36. The number of ether oxygens (including phenoxy) is 1.